The summed E-state index contributed by atoms with van der Waals surface area (Å²) in [5.41, 5.74) is 7.35. The molecule has 0 aromatic carbocycles. The van der Waals surface area contributed by atoms with Crippen LogP contribution < -0.4 is 11.1 Å². The Hall–Kier alpha value is -1.15. The Balaban J connectivity index is 1.12. The van der Waals surface area contributed by atoms with Crippen molar-refractivity contribution in [2.24, 2.45) is 57.1 Å². The quantitative estimate of drug-likeness (QED) is 0.0983. The van der Waals surface area contributed by atoms with Crippen molar-refractivity contribution in [2.45, 2.75) is 146 Å². The van der Waals surface area contributed by atoms with Crippen LogP contribution in [0.15, 0.2) is 17.1 Å². The molecule has 5 saturated carbocycles. The summed E-state index contributed by atoms with van der Waals surface area (Å²) in [6, 6.07) is 0. The number of allylic oxidation sites excluding steroid dienone is 1. The van der Waals surface area contributed by atoms with Gasteiger partial charge in [-0.25, -0.2) is 0 Å². The van der Waals surface area contributed by atoms with Crippen molar-refractivity contribution in [1.82, 2.24) is 5.32 Å². The molecular formula is C37H63N3O4. The number of guanidine groups is 1. The van der Waals surface area contributed by atoms with Crippen molar-refractivity contribution >= 4 is 5.96 Å². The fraction of sp³-hybridized carbons (Fsp3) is 0.919. The maximum Gasteiger partial charge on any atom is 0.188 e. The Kier molecular flexibility index (Phi) is 9.29. The molecule has 6 aliphatic rings. The summed E-state index contributed by atoms with van der Waals surface area (Å²) in [4.78, 5) is 4.11. The summed E-state index contributed by atoms with van der Waals surface area (Å²) >= 11 is 0. The van der Waals surface area contributed by atoms with Gasteiger partial charge in [0.15, 0.2) is 5.96 Å². The molecule has 1 saturated heterocycles. The van der Waals surface area contributed by atoms with Crippen LogP contribution in [0.3, 0.4) is 0 Å². The van der Waals surface area contributed by atoms with Crippen molar-refractivity contribution in [2.75, 3.05) is 20.2 Å². The molecule has 1 heterocycles. The minimum atomic E-state index is -0.674. The van der Waals surface area contributed by atoms with Crippen LogP contribution in [0.25, 0.3) is 0 Å². The first kappa shape index (κ1) is 32.8. The zero-order valence-electron chi connectivity index (χ0n) is 28.0. The number of fused-ring (bicyclic) bond motifs is 3. The van der Waals surface area contributed by atoms with Crippen LogP contribution in [0.1, 0.15) is 123 Å². The van der Waals surface area contributed by atoms with Crippen molar-refractivity contribution in [1.29, 1.82) is 0 Å². The lowest BCUT2D eigenvalue weighted by atomic mass is 9.46. The molecule has 5 aliphatic carbocycles. The molecule has 6 rings (SSSR count). The molecule has 7 heteroatoms. The van der Waals surface area contributed by atoms with Crippen LogP contribution in [0.2, 0.25) is 0 Å². The van der Waals surface area contributed by atoms with E-state index in [2.05, 4.69) is 24.2 Å². The number of aliphatic hydroxyl groups excluding tert-OH is 2. The lowest BCUT2D eigenvalue weighted by Crippen LogP contribution is -2.51. The van der Waals surface area contributed by atoms with E-state index in [-0.39, 0.29) is 23.7 Å². The largest absolute Gasteiger partial charge is 0.396 e. The number of epoxide rings is 1. The average molecular weight is 614 g/mol. The Morgan fingerprint density at radius 3 is 2.61 bits per heavy atom. The smallest absolute Gasteiger partial charge is 0.188 e. The summed E-state index contributed by atoms with van der Waals surface area (Å²) in [7, 11) is 1.74. The second-order valence-corrected chi connectivity index (χ2v) is 17.1. The van der Waals surface area contributed by atoms with Crippen LogP contribution >= 0.6 is 0 Å². The van der Waals surface area contributed by atoms with Crippen LogP contribution in [0, 0.1) is 46.3 Å². The number of rotatable bonds is 9. The molecule has 0 aromatic rings. The maximum atomic E-state index is 11.2. The number of ether oxygens (including phenoxy) is 1. The van der Waals surface area contributed by atoms with E-state index in [9.17, 15) is 15.3 Å². The molecule has 0 radical (unpaired) electrons. The van der Waals surface area contributed by atoms with E-state index >= 15 is 0 Å². The predicted molar refractivity (Wildman–Crippen MR) is 176 cm³/mol. The second kappa shape index (κ2) is 12.5. The second-order valence-electron chi connectivity index (χ2n) is 17.1. The number of nitrogens with zero attached hydrogens (tertiary/aromatic N) is 1. The fourth-order valence-electron chi connectivity index (χ4n) is 11.8. The van der Waals surface area contributed by atoms with Gasteiger partial charge in [0.1, 0.15) is 0 Å². The van der Waals surface area contributed by atoms with E-state index in [1.54, 1.807) is 7.05 Å². The highest BCUT2D eigenvalue weighted by Crippen LogP contribution is 2.69. The molecule has 12 atom stereocenters. The molecule has 0 amide bonds. The van der Waals surface area contributed by atoms with Crippen LogP contribution in [-0.2, 0) is 4.74 Å². The zero-order chi connectivity index (χ0) is 31.3. The first-order chi connectivity index (χ1) is 20.9. The van der Waals surface area contributed by atoms with Gasteiger partial charge in [-0.15, -0.1) is 0 Å². The lowest BCUT2D eigenvalue weighted by molar-refractivity contribution is -0.0702. The minimum Gasteiger partial charge on any atom is -0.396 e. The van der Waals surface area contributed by atoms with Gasteiger partial charge in [0.25, 0.3) is 0 Å². The lowest BCUT2D eigenvalue weighted by Gasteiger charge is -2.58. The van der Waals surface area contributed by atoms with E-state index in [0.717, 1.165) is 64.3 Å². The number of aliphatic hydroxyl groups is 3. The maximum absolute atomic E-state index is 11.2. The monoisotopic (exact) mass is 613 g/mol. The molecule has 44 heavy (non-hydrogen) atoms. The number of nitrogens with one attached hydrogen (secondary N) is 1. The number of nitrogens with two attached hydrogens (primary N) is 1. The van der Waals surface area contributed by atoms with Crippen molar-refractivity contribution in [3.63, 3.8) is 0 Å². The predicted octanol–water partition coefficient (Wildman–Crippen LogP) is 5.71. The number of hydrogen-bond acceptors (Lipinski definition) is 5. The summed E-state index contributed by atoms with van der Waals surface area (Å²) in [5.74, 6) is 4.35. The highest BCUT2D eigenvalue weighted by atomic mass is 16.6. The van der Waals surface area contributed by atoms with Crippen LogP contribution in [-0.4, -0.2) is 64.9 Å². The minimum absolute atomic E-state index is 0.00491. The molecule has 1 aliphatic heterocycles. The first-order valence-corrected chi connectivity index (χ1v) is 18.3. The van der Waals surface area contributed by atoms with Crippen LogP contribution in [0.4, 0.5) is 0 Å². The van der Waals surface area contributed by atoms with Gasteiger partial charge in [-0.05, 0) is 151 Å². The standard InChI is InChI=1S/C37H63N3O4/c1-24-19-36(14-9-25(20-36)10-15-37(43)12-5-8-29(42)21-37)32-35(3,44-32)13-11-31-30(24)22-34(31,2)28-17-26(7-6-16-41)27(18-28)23-40-33(38)39-4/h25-32,41-43H,1,5-23H2,2-4H3,(H3,38,39,40)/t25-,26+,27-,28-,29-,30+,31+,32+,34+,35+,36+,37-/m0/s1. The Labute approximate surface area is 266 Å². The van der Waals surface area contributed by atoms with Crippen molar-refractivity contribution in [3.8, 4) is 0 Å². The molecular weight excluding hydrogens is 550 g/mol. The van der Waals surface area contributed by atoms with E-state index in [4.69, 9.17) is 17.0 Å². The number of hydrogen-bond donors (Lipinski definition) is 5. The summed E-state index contributed by atoms with van der Waals surface area (Å²) in [5, 5.41) is 34.3. The summed E-state index contributed by atoms with van der Waals surface area (Å²) in [6.07, 6.45) is 17.9. The van der Waals surface area contributed by atoms with Gasteiger partial charge in [0.2, 0.25) is 0 Å². The average Bonchev–Trinajstić information content (AvgIpc) is 3.28. The van der Waals surface area contributed by atoms with Gasteiger partial charge in [0, 0.05) is 32.0 Å². The van der Waals surface area contributed by atoms with Gasteiger partial charge in [-0.1, -0.05) is 19.1 Å². The topological polar surface area (TPSA) is 124 Å². The zero-order valence-corrected chi connectivity index (χ0v) is 28.0. The van der Waals surface area contributed by atoms with Gasteiger partial charge in [-0.3, -0.25) is 4.99 Å². The van der Waals surface area contributed by atoms with Crippen molar-refractivity contribution < 1.29 is 20.1 Å². The molecule has 0 aromatic heterocycles. The molecule has 7 nitrogen and oxygen atoms in total. The van der Waals surface area contributed by atoms with E-state index < -0.39 is 5.60 Å². The Morgan fingerprint density at radius 2 is 1.86 bits per heavy atom. The third kappa shape index (κ3) is 6.25. The normalized spacial score (nSPS) is 49.0. The molecule has 6 fully saturated rings. The number of aliphatic imine (C=N–C) groups is 1. The third-order valence-electron chi connectivity index (χ3n) is 14.3. The Bertz CT molecular complexity index is 1080. The fourth-order valence-corrected chi connectivity index (χ4v) is 11.8. The highest BCUT2D eigenvalue weighted by Gasteiger charge is 2.67. The molecule has 250 valence electrons. The van der Waals surface area contributed by atoms with Crippen LogP contribution in [0.5, 0.6) is 0 Å². The van der Waals surface area contributed by atoms with Gasteiger partial charge in [0.05, 0.1) is 23.4 Å². The molecule has 0 bridgehead atoms. The van der Waals surface area contributed by atoms with Gasteiger partial charge in [-0.2, -0.15) is 0 Å². The van der Waals surface area contributed by atoms with Crippen molar-refractivity contribution in [3.05, 3.63) is 12.2 Å². The molecule has 0 unspecified atom stereocenters. The van der Waals surface area contributed by atoms with Gasteiger partial charge < -0.3 is 31.1 Å². The Morgan fingerprint density at radius 1 is 1.07 bits per heavy atom. The first-order valence-electron chi connectivity index (χ1n) is 18.3. The molecule has 6 N–H and O–H groups in total. The SMILES string of the molecule is C=C1C[C@@]2(CC[C@@H](CC[C@@]3(O)CCC[C@H](O)C3)C2)[C@@H]2O[C@]2(C)CC[C@@H]2[C@@H]1C[C@]2(C)[C@H]1C[C@@H](CCCO)[C@H](CNC(N)=NC)C1. The van der Waals surface area contributed by atoms with E-state index in [1.807, 2.05) is 0 Å². The van der Waals surface area contributed by atoms with E-state index in [0.29, 0.717) is 59.4 Å². The van der Waals surface area contributed by atoms with E-state index in [1.165, 1.54) is 50.5 Å². The summed E-state index contributed by atoms with van der Waals surface area (Å²) < 4.78 is 6.71. The molecule has 1 spiro atoms. The highest BCUT2D eigenvalue weighted by molar-refractivity contribution is 5.77. The summed E-state index contributed by atoms with van der Waals surface area (Å²) in [6.45, 7) is 11.0. The van der Waals surface area contributed by atoms with Gasteiger partial charge >= 0.3 is 0 Å². The third-order valence-corrected chi connectivity index (χ3v) is 14.3.